The molecule has 0 bridgehead atoms. The van der Waals surface area contributed by atoms with Crippen LogP contribution in [0.2, 0.25) is 0 Å². The number of esters is 1. The van der Waals surface area contributed by atoms with Crippen molar-refractivity contribution in [2.75, 3.05) is 31.4 Å². The molecule has 30 heavy (non-hydrogen) atoms. The van der Waals surface area contributed by atoms with Gasteiger partial charge in [-0.3, -0.25) is 0 Å². The third kappa shape index (κ3) is 4.30. The fraction of sp³-hybridized carbons (Fsp3) is 0.381. The number of anilines is 1. The molecular weight excluding hydrogens is 404 g/mol. The maximum atomic E-state index is 12.9. The van der Waals surface area contributed by atoms with E-state index in [1.807, 2.05) is 39.0 Å². The number of nitrogens with one attached hydrogen (secondary N) is 1. The lowest BCUT2D eigenvalue weighted by molar-refractivity contribution is -0.138. The minimum absolute atomic E-state index is 0.121. The van der Waals surface area contributed by atoms with Gasteiger partial charge < -0.3 is 19.5 Å². The summed E-state index contributed by atoms with van der Waals surface area (Å²) in [6, 6.07) is 5.05. The van der Waals surface area contributed by atoms with Gasteiger partial charge in [0.2, 0.25) is 11.1 Å². The number of thioether (sulfide) groups is 1. The summed E-state index contributed by atoms with van der Waals surface area (Å²) in [6.45, 7) is 9.99. The SMILES string of the molecule is C=CCOC(=O)C1=C(C)Nc2nc(SCC)nn2C1c1ccc(OC)c(OCC)c1. The van der Waals surface area contributed by atoms with Gasteiger partial charge in [-0.15, -0.1) is 5.10 Å². The third-order valence-electron chi connectivity index (χ3n) is 4.46. The van der Waals surface area contributed by atoms with Gasteiger partial charge in [-0.05, 0) is 37.3 Å². The Morgan fingerprint density at radius 3 is 2.83 bits per heavy atom. The maximum Gasteiger partial charge on any atom is 0.338 e. The second-order valence-electron chi connectivity index (χ2n) is 6.39. The van der Waals surface area contributed by atoms with Crippen molar-refractivity contribution in [2.45, 2.75) is 32.0 Å². The summed E-state index contributed by atoms with van der Waals surface area (Å²) >= 11 is 1.53. The number of hydrogen-bond donors (Lipinski definition) is 1. The van der Waals surface area contributed by atoms with Crippen LogP contribution in [0.1, 0.15) is 32.4 Å². The summed E-state index contributed by atoms with van der Waals surface area (Å²) in [5, 5.41) is 8.45. The van der Waals surface area contributed by atoms with Gasteiger partial charge in [0.1, 0.15) is 12.6 Å². The summed E-state index contributed by atoms with van der Waals surface area (Å²) in [6.07, 6.45) is 1.54. The zero-order chi connectivity index (χ0) is 21.7. The zero-order valence-electron chi connectivity index (χ0n) is 17.6. The number of aromatic nitrogens is 3. The highest BCUT2D eigenvalue weighted by molar-refractivity contribution is 7.99. The number of allylic oxidation sites excluding steroid dienone is 1. The van der Waals surface area contributed by atoms with Crippen molar-refractivity contribution in [1.29, 1.82) is 0 Å². The molecule has 2 aromatic rings. The molecule has 8 nitrogen and oxygen atoms in total. The zero-order valence-corrected chi connectivity index (χ0v) is 18.4. The summed E-state index contributed by atoms with van der Waals surface area (Å²) in [4.78, 5) is 17.5. The summed E-state index contributed by atoms with van der Waals surface area (Å²) in [7, 11) is 1.59. The van der Waals surface area contributed by atoms with E-state index >= 15 is 0 Å². The number of benzene rings is 1. The number of carbonyl (C=O) groups is 1. The normalized spacial score (nSPS) is 15.3. The molecule has 3 rings (SSSR count). The lowest BCUT2D eigenvalue weighted by atomic mass is 9.95. The second-order valence-corrected chi connectivity index (χ2v) is 7.62. The largest absolute Gasteiger partial charge is 0.493 e. The minimum atomic E-state index is -0.526. The standard InChI is InChI=1S/C21H26N4O4S/c1-6-11-29-19(26)17-13(4)22-20-23-21(30-8-3)24-25(20)18(17)14-9-10-15(27-5)16(12-14)28-7-2/h6,9-10,12,18H,1,7-8,11H2,2-5H3,(H,22,23,24). The molecule has 1 atom stereocenters. The van der Waals surface area contributed by atoms with Crippen LogP contribution in [0.15, 0.2) is 47.3 Å². The molecule has 1 aromatic carbocycles. The quantitative estimate of drug-likeness (QED) is 0.365. The Morgan fingerprint density at radius 1 is 1.37 bits per heavy atom. The molecule has 1 aromatic heterocycles. The first-order valence-corrected chi connectivity index (χ1v) is 10.7. The van der Waals surface area contributed by atoms with E-state index in [1.54, 1.807) is 11.8 Å². The maximum absolute atomic E-state index is 12.9. The Morgan fingerprint density at radius 2 is 2.17 bits per heavy atom. The molecule has 1 N–H and O–H groups in total. The molecule has 0 spiro atoms. The number of rotatable bonds is 9. The highest BCUT2D eigenvalue weighted by atomic mass is 32.2. The van der Waals surface area contributed by atoms with Gasteiger partial charge in [-0.25, -0.2) is 9.48 Å². The number of carbonyl (C=O) groups excluding carboxylic acids is 1. The van der Waals surface area contributed by atoms with Gasteiger partial charge in [-0.1, -0.05) is 37.4 Å². The molecule has 160 valence electrons. The molecule has 9 heteroatoms. The lowest BCUT2D eigenvalue weighted by Gasteiger charge is -2.28. The lowest BCUT2D eigenvalue weighted by Crippen LogP contribution is -2.29. The van der Waals surface area contributed by atoms with E-state index in [4.69, 9.17) is 14.2 Å². The van der Waals surface area contributed by atoms with Gasteiger partial charge in [0, 0.05) is 5.70 Å². The van der Waals surface area contributed by atoms with Crippen LogP contribution in [0, 0.1) is 0 Å². The summed E-state index contributed by atoms with van der Waals surface area (Å²) in [5.74, 6) is 2.18. The molecule has 0 saturated heterocycles. The average Bonchev–Trinajstić information content (AvgIpc) is 3.13. The Hall–Kier alpha value is -2.94. The molecule has 0 aliphatic carbocycles. The van der Waals surface area contributed by atoms with Crippen LogP contribution in [-0.4, -0.2) is 46.8 Å². The van der Waals surface area contributed by atoms with Gasteiger partial charge >= 0.3 is 5.97 Å². The van der Waals surface area contributed by atoms with Crippen LogP contribution in [0.3, 0.4) is 0 Å². The minimum Gasteiger partial charge on any atom is -0.493 e. The van der Waals surface area contributed by atoms with Gasteiger partial charge in [-0.2, -0.15) is 4.98 Å². The molecule has 0 fully saturated rings. The molecule has 1 aliphatic rings. The second kappa shape index (κ2) is 9.71. The van der Waals surface area contributed by atoms with Gasteiger partial charge in [0.05, 0.1) is 19.3 Å². The van der Waals surface area contributed by atoms with Crippen LogP contribution in [0.4, 0.5) is 5.95 Å². The number of methoxy groups -OCH3 is 1. The van der Waals surface area contributed by atoms with Gasteiger partial charge in [0.25, 0.3) is 0 Å². The van der Waals surface area contributed by atoms with Crippen molar-refractivity contribution >= 4 is 23.7 Å². The van der Waals surface area contributed by atoms with E-state index in [0.717, 1.165) is 11.3 Å². The molecule has 0 saturated carbocycles. The van der Waals surface area contributed by atoms with E-state index in [1.165, 1.54) is 17.8 Å². The smallest absolute Gasteiger partial charge is 0.338 e. The van der Waals surface area contributed by atoms with Crippen molar-refractivity contribution in [3.8, 4) is 11.5 Å². The number of ether oxygens (including phenoxy) is 3. The van der Waals surface area contributed by atoms with Crippen LogP contribution in [-0.2, 0) is 9.53 Å². The van der Waals surface area contributed by atoms with E-state index in [9.17, 15) is 4.79 Å². The van der Waals surface area contributed by atoms with Crippen molar-refractivity contribution in [1.82, 2.24) is 14.8 Å². The molecule has 1 unspecified atom stereocenters. The predicted molar refractivity (Wildman–Crippen MR) is 116 cm³/mol. The van der Waals surface area contributed by atoms with E-state index < -0.39 is 12.0 Å². The fourth-order valence-electron chi connectivity index (χ4n) is 3.24. The first kappa shape index (κ1) is 21.8. The third-order valence-corrected chi connectivity index (χ3v) is 5.18. The van der Waals surface area contributed by atoms with Crippen LogP contribution >= 0.6 is 11.8 Å². The Kier molecular flexibility index (Phi) is 7.04. The van der Waals surface area contributed by atoms with Crippen LogP contribution in [0.5, 0.6) is 11.5 Å². The van der Waals surface area contributed by atoms with Crippen molar-refractivity contribution in [3.05, 3.63) is 47.7 Å². The van der Waals surface area contributed by atoms with Crippen molar-refractivity contribution in [2.24, 2.45) is 0 Å². The first-order valence-electron chi connectivity index (χ1n) is 9.69. The number of hydrogen-bond acceptors (Lipinski definition) is 8. The molecule has 0 radical (unpaired) electrons. The highest BCUT2D eigenvalue weighted by Gasteiger charge is 2.35. The Labute approximate surface area is 180 Å². The predicted octanol–water partition coefficient (Wildman–Crippen LogP) is 3.82. The average molecular weight is 431 g/mol. The monoisotopic (exact) mass is 430 g/mol. The van der Waals surface area contributed by atoms with Crippen molar-refractivity contribution in [3.63, 3.8) is 0 Å². The molecular formula is C21H26N4O4S. The molecule has 2 heterocycles. The topological polar surface area (TPSA) is 87.5 Å². The summed E-state index contributed by atoms with van der Waals surface area (Å²) in [5.41, 5.74) is 1.93. The van der Waals surface area contributed by atoms with E-state index in [2.05, 4.69) is 22.0 Å². The van der Waals surface area contributed by atoms with E-state index in [-0.39, 0.29) is 6.61 Å². The molecule has 0 amide bonds. The van der Waals surface area contributed by atoms with E-state index in [0.29, 0.717) is 40.5 Å². The van der Waals surface area contributed by atoms with Crippen LogP contribution < -0.4 is 14.8 Å². The number of nitrogens with zero attached hydrogens (tertiary/aromatic N) is 3. The van der Waals surface area contributed by atoms with Crippen molar-refractivity contribution < 1.29 is 19.0 Å². The summed E-state index contributed by atoms with van der Waals surface area (Å²) < 4.78 is 18.2. The van der Waals surface area contributed by atoms with Gasteiger partial charge in [0.15, 0.2) is 11.5 Å². The molecule has 1 aliphatic heterocycles. The fourth-order valence-corrected chi connectivity index (χ4v) is 3.79. The number of fused-ring (bicyclic) bond motifs is 1. The van der Waals surface area contributed by atoms with Crippen LogP contribution in [0.25, 0.3) is 0 Å². The first-order chi connectivity index (χ1) is 14.5. The highest BCUT2D eigenvalue weighted by Crippen LogP contribution is 2.39. The Bertz CT molecular complexity index is 970. The Balaban J connectivity index is 2.14.